The summed E-state index contributed by atoms with van der Waals surface area (Å²) in [5, 5.41) is 12.2. The molecule has 1 aromatic carbocycles. The quantitative estimate of drug-likeness (QED) is 0.791. The second-order valence-electron chi connectivity index (χ2n) is 3.74. The first kappa shape index (κ1) is 14.7. The van der Waals surface area contributed by atoms with Gasteiger partial charge in [0.2, 0.25) is 0 Å². The zero-order valence-corrected chi connectivity index (χ0v) is 11.7. The first-order chi connectivity index (χ1) is 8.54. The zero-order valence-electron chi connectivity index (χ0n) is 10.1. The number of rotatable bonds is 6. The van der Waals surface area contributed by atoms with Crippen LogP contribution in [-0.2, 0) is 4.79 Å². The summed E-state index contributed by atoms with van der Waals surface area (Å²) in [6, 6.07) is 5.29. The van der Waals surface area contributed by atoms with Crippen LogP contribution in [0.5, 0.6) is 5.75 Å². The van der Waals surface area contributed by atoms with Gasteiger partial charge in [0.1, 0.15) is 5.75 Å². The number of aliphatic hydroxyl groups excluding tert-OH is 1. The summed E-state index contributed by atoms with van der Waals surface area (Å²) < 4.78 is 6.23. The van der Waals surface area contributed by atoms with Gasteiger partial charge in [0, 0.05) is 16.6 Å². The molecule has 2 N–H and O–H groups in total. The summed E-state index contributed by atoms with van der Waals surface area (Å²) in [7, 11) is 0. The average Bonchev–Trinajstić information content (AvgIpc) is 2.33. The first-order valence-electron chi connectivity index (χ1n) is 5.52. The topological polar surface area (TPSA) is 58.6 Å². The summed E-state index contributed by atoms with van der Waals surface area (Å²) >= 11 is 3.32. The van der Waals surface area contributed by atoms with Gasteiger partial charge in [-0.05, 0) is 19.1 Å². The second-order valence-corrected chi connectivity index (χ2v) is 4.66. The van der Waals surface area contributed by atoms with E-state index in [4.69, 9.17) is 4.74 Å². The Morgan fingerprint density at radius 3 is 3.00 bits per heavy atom. The van der Waals surface area contributed by atoms with Gasteiger partial charge in [-0.15, -0.1) is 6.58 Å². The lowest BCUT2D eigenvalue weighted by molar-refractivity contribution is -0.122. The number of carbonyl (C=O) groups is 1. The summed E-state index contributed by atoms with van der Waals surface area (Å²) in [6.45, 7) is 5.47. The third-order valence-electron chi connectivity index (χ3n) is 2.23. The molecule has 5 heteroatoms. The lowest BCUT2D eigenvalue weighted by atomic mass is 10.1. The molecular weight excluding hydrogens is 298 g/mol. The number of hydrogen-bond acceptors (Lipinski definition) is 3. The molecule has 0 fully saturated rings. The molecule has 1 rings (SSSR count). The van der Waals surface area contributed by atoms with E-state index < -0.39 is 6.10 Å². The fourth-order valence-corrected chi connectivity index (χ4v) is 1.70. The minimum absolute atomic E-state index is 0.0932. The molecule has 1 unspecified atom stereocenters. The first-order valence-corrected chi connectivity index (χ1v) is 6.31. The summed E-state index contributed by atoms with van der Waals surface area (Å²) in [4.78, 5) is 11.4. The Hall–Kier alpha value is -1.33. The van der Waals surface area contributed by atoms with E-state index in [2.05, 4.69) is 27.8 Å². The van der Waals surface area contributed by atoms with Crippen LogP contribution in [0.2, 0.25) is 0 Å². The highest BCUT2D eigenvalue weighted by molar-refractivity contribution is 9.10. The summed E-state index contributed by atoms with van der Waals surface area (Å²) in [6.07, 6.45) is 0.947. The van der Waals surface area contributed by atoms with Gasteiger partial charge in [0.25, 0.3) is 5.91 Å². The van der Waals surface area contributed by atoms with E-state index in [9.17, 15) is 9.90 Å². The molecule has 0 aromatic heterocycles. The molecular formula is C13H16BrNO3. The Morgan fingerprint density at radius 2 is 2.39 bits per heavy atom. The molecule has 0 saturated heterocycles. The Labute approximate surface area is 115 Å². The van der Waals surface area contributed by atoms with Crippen molar-refractivity contribution in [1.82, 2.24) is 5.32 Å². The number of hydrogen-bond donors (Lipinski definition) is 2. The molecule has 4 nitrogen and oxygen atoms in total. The molecule has 98 valence electrons. The number of benzene rings is 1. The van der Waals surface area contributed by atoms with Crippen molar-refractivity contribution in [2.75, 3.05) is 13.2 Å². The van der Waals surface area contributed by atoms with Gasteiger partial charge < -0.3 is 15.2 Å². The third-order valence-corrected chi connectivity index (χ3v) is 2.72. The highest BCUT2D eigenvalue weighted by Crippen LogP contribution is 2.28. The van der Waals surface area contributed by atoms with Crippen molar-refractivity contribution in [3.05, 3.63) is 40.9 Å². The van der Waals surface area contributed by atoms with Crippen molar-refractivity contribution in [2.24, 2.45) is 0 Å². The van der Waals surface area contributed by atoms with Crippen LogP contribution in [0.15, 0.2) is 35.3 Å². The average molecular weight is 314 g/mol. The maximum atomic E-state index is 11.4. The van der Waals surface area contributed by atoms with Crippen LogP contribution >= 0.6 is 15.9 Å². The van der Waals surface area contributed by atoms with Gasteiger partial charge in [-0.1, -0.05) is 28.1 Å². The van der Waals surface area contributed by atoms with Crippen molar-refractivity contribution >= 4 is 21.8 Å². The molecule has 0 aliphatic rings. The molecule has 0 heterocycles. The van der Waals surface area contributed by atoms with E-state index >= 15 is 0 Å². The Bertz CT molecular complexity index is 432. The van der Waals surface area contributed by atoms with Gasteiger partial charge in [-0.2, -0.15) is 0 Å². The van der Waals surface area contributed by atoms with Crippen molar-refractivity contribution in [3.63, 3.8) is 0 Å². The minimum Gasteiger partial charge on any atom is -0.483 e. The Balaban J connectivity index is 2.68. The van der Waals surface area contributed by atoms with Crippen LogP contribution in [0.1, 0.15) is 18.6 Å². The van der Waals surface area contributed by atoms with Crippen molar-refractivity contribution in [2.45, 2.75) is 13.0 Å². The van der Waals surface area contributed by atoms with Crippen LogP contribution < -0.4 is 10.1 Å². The van der Waals surface area contributed by atoms with E-state index in [0.29, 0.717) is 17.9 Å². The van der Waals surface area contributed by atoms with E-state index in [-0.39, 0.29) is 12.5 Å². The number of nitrogens with one attached hydrogen (secondary N) is 1. The molecule has 0 aliphatic carbocycles. The monoisotopic (exact) mass is 313 g/mol. The Morgan fingerprint density at radius 1 is 1.67 bits per heavy atom. The summed E-state index contributed by atoms with van der Waals surface area (Å²) in [5.41, 5.74) is 0.648. The SMILES string of the molecule is C=CCNC(=O)COc1cc(Br)ccc1C(C)O. The highest BCUT2D eigenvalue weighted by atomic mass is 79.9. The van der Waals surface area contributed by atoms with Crippen LogP contribution in [-0.4, -0.2) is 24.2 Å². The van der Waals surface area contributed by atoms with Crippen LogP contribution in [0, 0.1) is 0 Å². The molecule has 0 spiro atoms. The van der Waals surface area contributed by atoms with Gasteiger partial charge in [0.05, 0.1) is 6.10 Å². The molecule has 0 aliphatic heterocycles. The van der Waals surface area contributed by atoms with Crippen LogP contribution in [0.3, 0.4) is 0 Å². The predicted octanol–water partition coefficient (Wildman–Crippen LogP) is 2.18. The van der Waals surface area contributed by atoms with Gasteiger partial charge in [0.15, 0.2) is 6.61 Å². The largest absolute Gasteiger partial charge is 0.483 e. The van der Waals surface area contributed by atoms with Gasteiger partial charge in [-0.3, -0.25) is 4.79 Å². The molecule has 1 amide bonds. The number of carbonyl (C=O) groups excluding carboxylic acids is 1. The number of ether oxygens (including phenoxy) is 1. The van der Waals surface area contributed by atoms with Crippen LogP contribution in [0.4, 0.5) is 0 Å². The van der Waals surface area contributed by atoms with Crippen LogP contribution in [0.25, 0.3) is 0 Å². The number of amides is 1. The molecule has 0 radical (unpaired) electrons. The molecule has 1 atom stereocenters. The summed E-state index contributed by atoms with van der Waals surface area (Å²) in [5.74, 6) is 0.263. The molecule has 18 heavy (non-hydrogen) atoms. The standard InChI is InChI=1S/C13H16BrNO3/c1-3-6-15-13(17)8-18-12-7-10(14)4-5-11(12)9(2)16/h3-5,7,9,16H,1,6,8H2,2H3,(H,15,17). The lowest BCUT2D eigenvalue weighted by Crippen LogP contribution is -2.29. The normalized spacial score (nSPS) is 11.7. The number of halogens is 1. The van der Waals surface area contributed by atoms with E-state index in [1.54, 1.807) is 25.1 Å². The smallest absolute Gasteiger partial charge is 0.258 e. The maximum absolute atomic E-state index is 11.4. The van der Waals surface area contributed by atoms with Crippen molar-refractivity contribution in [3.8, 4) is 5.75 Å². The van der Waals surface area contributed by atoms with E-state index in [1.165, 1.54) is 0 Å². The zero-order chi connectivity index (χ0) is 13.5. The second kappa shape index (κ2) is 7.18. The third kappa shape index (κ3) is 4.50. The van der Waals surface area contributed by atoms with E-state index in [1.807, 2.05) is 6.07 Å². The minimum atomic E-state index is -0.649. The fraction of sp³-hybridized carbons (Fsp3) is 0.308. The molecule has 0 saturated carbocycles. The number of aliphatic hydroxyl groups is 1. The fourth-order valence-electron chi connectivity index (χ4n) is 1.36. The maximum Gasteiger partial charge on any atom is 0.258 e. The van der Waals surface area contributed by atoms with Gasteiger partial charge >= 0.3 is 0 Å². The van der Waals surface area contributed by atoms with Crippen molar-refractivity contribution < 1.29 is 14.6 Å². The lowest BCUT2D eigenvalue weighted by Gasteiger charge is -2.13. The van der Waals surface area contributed by atoms with Crippen molar-refractivity contribution in [1.29, 1.82) is 0 Å². The van der Waals surface area contributed by atoms with Gasteiger partial charge in [-0.25, -0.2) is 0 Å². The Kier molecular flexibility index (Phi) is 5.88. The predicted molar refractivity (Wildman–Crippen MR) is 73.5 cm³/mol. The molecule has 0 bridgehead atoms. The molecule has 1 aromatic rings. The highest BCUT2D eigenvalue weighted by Gasteiger charge is 2.11. The van der Waals surface area contributed by atoms with E-state index in [0.717, 1.165) is 4.47 Å².